The minimum Gasteiger partial charge on any atom is -0.325 e. The van der Waals surface area contributed by atoms with Gasteiger partial charge in [0.2, 0.25) is 11.8 Å². The third-order valence-corrected chi connectivity index (χ3v) is 8.05. The van der Waals surface area contributed by atoms with Gasteiger partial charge in [-0.3, -0.25) is 24.3 Å². The summed E-state index contributed by atoms with van der Waals surface area (Å²) >= 11 is 0. The Bertz CT molecular complexity index is 1620. The van der Waals surface area contributed by atoms with Crippen molar-refractivity contribution in [2.75, 3.05) is 17.2 Å². The molecule has 3 aromatic rings. The maximum absolute atomic E-state index is 14.1. The number of aromatic nitrogens is 1. The van der Waals surface area contributed by atoms with Crippen molar-refractivity contribution in [1.29, 1.82) is 0 Å². The number of anilines is 2. The molecule has 0 fully saturated rings. The van der Waals surface area contributed by atoms with Gasteiger partial charge in [-0.2, -0.15) is 0 Å². The summed E-state index contributed by atoms with van der Waals surface area (Å²) in [6, 6.07) is 12.2. The molecule has 204 valence electrons. The van der Waals surface area contributed by atoms with E-state index >= 15 is 0 Å². The molecule has 0 bridgehead atoms. The largest absolute Gasteiger partial charge is 0.325 e. The highest BCUT2D eigenvalue weighted by molar-refractivity contribution is 6.41. The molecule has 1 aromatic heterocycles. The lowest BCUT2D eigenvalue weighted by molar-refractivity contribution is -0.133. The Morgan fingerprint density at radius 1 is 1.07 bits per heavy atom. The molecule has 3 heterocycles. The number of rotatable bonds is 5. The number of halogens is 2. The molecule has 2 N–H and O–H groups in total. The monoisotopic (exact) mass is 543 g/mol. The van der Waals surface area contributed by atoms with Crippen molar-refractivity contribution in [3.8, 4) is 0 Å². The van der Waals surface area contributed by atoms with Crippen molar-refractivity contribution in [2.24, 2.45) is 10.9 Å². The van der Waals surface area contributed by atoms with Gasteiger partial charge in [-0.15, -0.1) is 0 Å². The molecule has 0 radical (unpaired) electrons. The molecule has 40 heavy (non-hydrogen) atoms. The van der Waals surface area contributed by atoms with Crippen LogP contribution in [0.3, 0.4) is 0 Å². The van der Waals surface area contributed by atoms with E-state index in [1.807, 2.05) is 24.3 Å². The number of carbonyl (C=O) groups excluding carboxylic acids is 3. The van der Waals surface area contributed by atoms with Crippen LogP contribution in [0, 0.1) is 17.6 Å². The van der Waals surface area contributed by atoms with Gasteiger partial charge >= 0.3 is 0 Å². The molecule has 0 saturated carbocycles. The summed E-state index contributed by atoms with van der Waals surface area (Å²) in [6.07, 6.45) is 2.64. The number of hydrogen-bond acceptors (Lipinski definition) is 5. The second-order valence-electron chi connectivity index (χ2n) is 11.0. The number of hydrogen-bond donors (Lipinski definition) is 2. The molecule has 6 rings (SSSR count). The number of pyridine rings is 1. The van der Waals surface area contributed by atoms with Gasteiger partial charge in [0.15, 0.2) is 5.66 Å². The van der Waals surface area contributed by atoms with E-state index in [0.717, 1.165) is 34.9 Å². The Morgan fingerprint density at radius 3 is 2.52 bits per heavy atom. The first-order valence-corrected chi connectivity index (χ1v) is 13.1. The fourth-order valence-electron chi connectivity index (χ4n) is 6.02. The van der Waals surface area contributed by atoms with Crippen molar-refractivity contribution in [2.45, 2.75) is 44.7 Å². The zero-order chi connectivity index (χ0) is 28.4. The number of amides is 3. The van der Waals surface area contributed by atoms with Gasteiger partial charge in [-0.1, -0.05) is 26.0 Å². The zero-order valence-corrected chi connectivity index (χ0v) is 22.2. The normalized spacial score (nSPS) is 22.9. The van der Waals surface area contributed by atoms with Gasteiger partial charge in [0.05, 0.1) is 5.41 Å². The van der Waals surface area contributed by atoms with E-state index in [0.29, 0.717) is 24.3 Å². The second-order valence-corrected chi connectivity index (χ2v) is 11.0. The summed E-state index contributed by atoms with van der Waals surface area (Å²) in [5.41, 5.74) is 1.50. The van der Waals surface area contributed by atoms with E-state index in [4.69, 9.17) is 0 Å². The maximum atomic E-state index is 14.1. The average molecular weight is 544 g/mol. The van der Waals surface area contributed by atoms with E-state index < -0.39 is 34.5 Å². The number of benzene rings is 2. The topological polar surface area (TPSA) is 104 Å². The highest BCUT2D eigenvalue weighted by Crippen LogP contribution is 2.47. The lowest BCUT2D eigenvalue weighted by Crippen LogP contribution is -2.47. The lowest BCUT2D eigenvalue weighted by Gasteiger charge is -2.33. The van der Waals surface area contributed by atoms with Crippen LogP contribution < -0.4 is 10.6 Å². The molecule has 2 atom stereocenters. The predicted octanol–water partition coefficient (Wildman–Crippen LogP) is 4.10. The molecule has 2 aromatic carbocycles. The zero-order valence-electron chi connectivity index (χ0n) is 22.2. The molecule has 3 aliphatic rings. The third-order valence-electron chi connectivity index (χ3n) is 8.05. The summed E-state index contributed by atoms with van der Waals surface area (Å²) in [6.45, 7) is 4.78. The summed E-state index contributed by atoms with van der Waals surface area (Å²) in [5.74, 6) is -2.32. The second kappa shape index (κ2) is 9.04. The van der Waals surface area contributed by atoms with Crippen molar-refractivity contribution in [3.05, 3.63) is 88.6 Å². The molecule has 8 nitrogen and oxygen atoms in total. The van der Waals surface area contributed by atoms with Crippen LogP contribution in [0.1, 0.15) is 43.0 Å². The molecule has 10 heteroatoms. The van der Waals surface area contributed by atoms with Crippen LogP contribution in [0.4, 0.5) is 20.3 Å². The van der Waals surface area contributed by atoms with Gasteiger partial charge < -0.3 is 10.6 Å². The van der Waals surface area contributed by atoms with Crippen LogP contribution in [0.2, 0.25) is 0 Å². The first-order chi connectivity index (χ1) is 19.0. The summed E-state index contributed by atoms with van der Waals surface area (Å²) in [4.78, 5) is 49.6. The van der Waals surface area contributed by atoms with Crippen LogP contribution in [0.15, 0.2) is 59.7 Å². The third kappa shape index (κ3) is 3.97. The first-order valence-electron chi connectivity index (χ1n) is 13.1. The number of aliphatic imine (C=N–C) groups is 1. The van der Waals surface area contributed by atoms with Gasteiger partial charge in [0.25, 0.3) is 5.91 Å². The van der Waals surface area contributed by atoms with Gasteiger partial charge in [-0.25, -0.2) is 13.8 Å². The van der Waals surface area contributed by atoms with Gasteiger partial charge in [-0.05, 0) is 61.2 Å². The van der Waals surface area contributed by atoms with E-state index in [1.54, 1.807) is 33.0 Å². The quantitative estimate of drug-likeness (QED) is 0.506. The van der Waals surface area contributed by atoms with Crippen LogP contribution in [-0.4, -0.2) is 39.9 Å². The van der Waals surface area contributed by atoms with Crippen molar-refractivity contribution in [1.82, 2.24) is 9.88 Å². The Labute approximate surface area is 229 Å². The van der Waals surface area contributed by atoms with Crippen LogP contribution in [0.25, 0.3) is 0 Å². The maximum Gasteiger partial charge on any atom is 0.270 e. The van der Waals surface area contributed by atoms with Gasteiger partial charge in [0, 0.05) is 35.0 Å². The molecule has 1 aliphatic carbocycles. The van der Waals surface area contributed by atoms with Crippen LogP contribution in [0.5, 0.6) is 0 Å². The fourth-order valence-corrected chi connectivity index (χ4v) is 6.02. The van der Waals surface area contributed by atoms with Crippen molar-refractivity contribution < 1.29 is 23.2 Å². The predicted molar refractivity (Wildman–Crippen MR) is 145 cm³/mol. The molecule has 3 amide bonds. The summed E-state index contributed by atoms with van der Waals surface area (Å²) in [5, 5.41) is 5.72. The minimum absolute atomic E-state index is 0.0930. The number of nitrogens with one attached hydrogen (secondary N) is 2. The minimum atomic E-state index is -1.46. The SMILES string of the molecule is CC(C)C1=N[C@@](C)(c2cc(F)cc(F)c2)N(CC(=O)Nc2ccc3c(c2)CC2(C3)C(=O)Nc3ncccc32)C1=O. The fraction of sp³-hybridized carbons (Fsp3) is 0.300. The Hall–Kier alpha value is -4.47. The number of nitrogens with zero attached hydrogens (tertiary/aromatic N) is 3. The average Bonchev–Trinajstić information content (AvgIpc) is 3.50. The number of carbonyl (C=O) groups is 3. The Kier molecular flexibility index (Phi) is 5.83. The van der Waals surface area contributed by atoms with Gasteiger partial charge in [0.1, 0.15) is 29.7 Å². The van der Waals surface area contributed by atoms with E-state index in [1.165, 1.54) is 4.90 Å². The van der Waals surface area contributed by atoms with E-state index in [9.17, 15) is 23.2 Å². The molecular formula is C30H27F2N5O3. The Balaban J connectivity index is 1.24. The molecule has 0 saturated heterocycles. The molecule has 1 spiro atoms. The summed E-state index contributed by atoms with van der Waals surface area (Å²) in [7, 11) is 0. The standard InChI is InChI=1S/C30H27F2N5O3/c1-16(2)25-27(39)37(29(3,36-25)19-10-20(31)12-21(32)11-19)15-24(38)34-22-7-6-17-13-30(14-18(17)9-22)23-5-4-8-33-26(23)35-28(30)40/h4-12,16H,13-15H2,1-3H3,(H,34,38)(H,33,35,40)/t29-,30?/m1/s1. The van der Waals surface area contributed by atoms with Crippen LogP contribution >= 0.6 is 0 Å². The van der Waals surface area contributed by atoms with E-state index in [-0.39, 0.29) is 29.6 Å². The Morgan fingerprint density at radius 2 is 1.80 bits per heavy atom. The first kappa shape index (κ1) is 25.8. The molecule has 2 aliphatic heterocycles. The molecular weight excluding hydrogens is 516 g/mol. The van der Waals surface area contributed by atoms with Crippen molar-refractivity contribution >= 4 is 34.9 Å². The smallest absolute Gasteiger partial charge is 0.270 e. The highest BCUT2D eigenvalue weighted by atomic mass is 19.1. The van der Waals surface area contributed by atoms with E-state index in [2.05, 4.69) is 20.6 Å². The lowest BCUT2D eigenvalue weighted by atomic mass is 9.79. The van der Waals surface area contributed by atoms with Crippen LogP contribution in [-0.2, 0) is 38.3 Å². The molecule has 1 unspecified atom stereocenters. The highest BCUT2D eigenvalue weighted by Gasteiger charge is 2.51. The van der Waals surface area contributed by atoms with Crippen molar-refractivity contribution in [3.63, 3.8) is 0 Å². The summed E-state index contributed by atoms with van der Waals surface area (Å²) < 4.78 is 28.2. The number of fused-ring (bicyclic) bond motifs is 3.